The molecule has 4 aromatic rings. The van der Waals surface area contributed by atoms with Gasteiger partial charge < -0.3 is 19.3 Å². The Morgan fingerprint density at radius 3 is 2.59 bits per heavy atom. The lowest BCUT2D eigenvalue weighted by molar-refractivity contribution is -0.157. The Balaban J connectivity index is 1.52. The van der Waals surface area contributed by atoms with Crippen LogP contribution in [0.1, 0.15) is 47.1 Å². The first-order chi connectivity index (χ1) is 17.4. The largest absolute Gasteiger partial charge is 0.474 e. The number of nitrogens with zero attached hydrogens (tertiary/aromatic N) is 4. The smallest absolute Gasteiger partial charge is 0.323 e. The van der Waals surface area contributed by atoms with Crippen molar-refractivity contribution in [3.8, 4) is 23.3 Å². The number of benzene rings is 1. The van der Waals surface area contributed by atoms with Crippen molar-refractivity contribution in [2.75, 3.05) is 0 Å². The molecule has 0 fully saturated rings. The van der Waals surface area contributed by atoms with E-state index in [4.69, 9.17) is 37.2 Å². The van der Waals surface area contributed by atoms with Gasteiger partial charge in [-0.25, -0.2) is 4.98 Å². The van der Waals surface area contributed by atoms with Gasteiger partial charge >= 0.3 is 5.97 Å². The average molecular weight is 546 g/mol. The van der Waals surface area contributed by atoms with E-state index in [9.17, 15) is 4.79 Å². The molecule has 0 radical (unpaired) electrons. The first kappa shape index (κ1) is 26.9. The van der Waals surface area contributed by atoms with E-state index in [1.807, 2.05) is 52.8 Å². The molecule has 0 aliphatic carbocycles. The fourth-order valence-corrected chi connectivity index (χ4v) is 4.00. The number of pyridine rings is 1. The molecular formula is C26H29Cl2N5O4. The molecule has 196 valence electrons. The van der Waals surface area contributed by atoms with Crippen LogP contribution in [0.2, 0.25) is 10.0 Å². The number of hydrogen-bond donors (Lipinski definition) is 1. The van der Waals surface area contributed by atoms with E-state index in [0.717, 1.165) is 16.5 Å². The van der Waals surface area contributed by atoms with Crippen molar-refractivity contribution in [3.05, 3.63) is 52.3 Å². The zero-order valence-electron chi connectivity index (χ0n) is 21.5. The highest BCUT2D eigenvalue weighted by molar-refractivity contribution is 6.35. The van der Waals surface area contributed by atoms with Crippen LogP contribution < -0.4 is 10.1 Å². The standard InChI is InChI=1S/C26H29Cl2N5O4/c1-14(2)35-23-19(27)10-17(12-30-23)22-31-25(32-37-22)33-13-20(28)18-9-16(7-8-21(18)33)11-29-15(3)24(34)36-26(4,5)6/h7-10,12-15,29H,11H2,1-6H3. The molecule has 9 nitrogen and oxygen atoms in total. The molecule has 0 bridgehead atoms. The molecule has 0 aliphatic rings. The fraction of sp³-hybridized carbons (Fsp3) is 0.385. The Kier molecular flexibility index (Phi) is 7.77. The number of ether oxygens (including phenoxy) is 2. The second-order valence-electron chi connectivity index (χ2n) is 9.91. The van der Waals surface area contributed by atoms with Crippen LogP contribution in [0.3, 0.4) is 0 Å². The number of fused-ring (bicyclic) bond motifs is 1. The van der Waals surface area contributed by atoms with Gasteiger partial charge in [0.25, 0.3) is 11.8 Å². The summed E-state index contributed by atoms with van der Waals surface area (Å²) in [6.07, 6.45) is 3.24. The summed E-state index contributed by atoms with van der Waals surface area (Å²) >= 11 is 12.8. The van der Waals surface area contributed by atoms with Crippen LogP contribution in [0.5, 0.6) is 5.88 Å². The van der Waals surface area contributed by atoms with Gasteiger partial charge in [-0.3, -0.25) is 9.36 Å². The number of carbonyl (C=O) groups excluding carboxylic acids is 1. The first-order valence-electron chi connectivity index (χ1n) is 11.8. The lowest BCUT2D eigenvalue weighted by Gasteiger charge is -2.22. The Labute approximate surface area is 225 Å². The average Bonchev–Trinajstić information content (AvgIpc) is 3.42. The van der Waals surface area contributed by atoms with Crippen LogP contribution in [-0.4, -0.2) is 43.4 Å². The zero-order chi connectivity index (χ0) is 26.9. The van der Waals surface area contributed by atoms with Crippen molar-refractivity contribution < 1.29 is 18.8 Å². The lowest BCUT2D eigenvalue weighted by atomic mass is 10.1. The number of nitrogens with one attached hydrogen (secondary N) is 1. The van der Waals surface area contributed by atoms with Gasteiger partial charge in [-0.2, -0.15) is 4.98 Å². The van der Waals surface area contributed by atoms with Crippen molar-refractivity contribution in [2.24, 2.45) is 0 Å². The first-order valence-corrected chi connectivity index (χ1v) is 12.6. The van der Waals surface area contributed by atoms with Crippen LogP contribution in [0.15, 0.2) is 41.2 Å². The number of esters is 1. The minimum Gasteiger partial charge on any atom is -0.474 e. The van der Waals surface area contributed by atoms with Crippen molar-refractivity contribution >= 4 is 40.1 Å². The number of hydrogen-bond acceptors (Lipinski definition) is 8. The molecule has 1 aromatic carbocycles. The van der Waals surface area contributed by atoms with E-state index >= 15 is 0 Å². The van der Waals surface area contributed by atoms with Crippen molar-refractivity contribution in [2.45, 2.75) is 65.8 Å². The van der Waals surface area contributed by atoms with Gasteiger partial charge in [0, 0.05) is 24.3 Å². The molecule has 1 atom stereocenters. The molecule has 37 heavy (non-hydrogen) atoms. The molecule has 0 saturated carbocycles. The van der Waals surface area contributed by atoms with E-state index in [1.54, 1.807) is 30.0 Å². The minimum absolute atomic E-state index is 0.0534. The Hall–Kier alpha value is -3.14. The molecule has 1 N–H and O–H groups in total. The number of aromatic nitrogens is 4. The summed E-state index contributed by atoms with van der Waals surface area (Å²) in [6.45, 7) is 11.6. The van der Waals surface area contributed by atoms with E-state index in [0.29, 0.717) is 34.0 Å². The highest BCUT2D eigenvalue weighted by Gasteiger charge is 2.22. The molecule has 4 rings (SSSR count). The molecule has 0 amide bonds. The zero-order valence-corrected chi connectivity index (χ0v) is 23.0. The molecule has 3 aromatic heterocycles. The van der Waals surface area contributed by atoms with Gasteiger partial charge in [0.2, 0.25) is 5.88 Å². The monoisotopic (exact) mass is 545 g/mol. The van der Waals surface area contributed by atoms with E-state index < -0.39 is 11.6 Å². The predicted octanol–water partition coefficient (Wildman–Crippen LogP) is 5.99. The van der Waals surface area contributed by atoms with Crippen LogP contribution in [0.25, 0.3) is 28.3 Å². The second kappa shape index (κ2) is 10.7. The summed E-state index contributed by atoms with van der Waals surface area (Å²) in [5.41, 5.74) is 1.79. The molecule has 11 heteroatoms. The van der Waals surface area contributed by atoms with E-state index in [-0.39, 0.29) is 18.0 Å². The molecule has 0 aliphatic heterocycles. The third-order valence-electron chi connectivity index (χ3n) is 5.23. The van der Waals surface area contributed by atoms with Crippen LogP contribution in [0.4, 0.5) is 0 Å². The quantitative estimate of drug-likeness (QED) is 0.269. The molecule has 3 heterocycles. The lowest BCUT2D eigenvalue weighted by Crippen LogP contribution is -2.38. The van der Waals surface area contributed by atoms with Gasteiger partial charge in [-0.1, -0.05) is 29.3 Å². The Morgan fingerprint density at radius 1 is 1.16 bits per heavy atom. The molecule has 0 spiro atoms. The summed E-state index contributed by atoms with van der Waals surface area (Å²) in [7, 11) is 0. The third-order valence-corrected chi connectivity index (χ3v) is 5.80. The topological polar surface area (TPSA) is 104 Å². The van der Waals surface area contributed by atoms with Crippen molar-refractivity contribution in [3.63, 3.8) is 0 Å². The van der Waals surface area contributed by atoms with Gasteiger partial charge in [-0.15, -0.1) is 0 Å². The van der Waals surface area contributed by atoms with E-state index in [1.165, 1.54) is 0 Å². The fourth-order valence-electron chi connectivity index (χ4n) is 3.54. The highest BCUT2D eigenvalue weighted by atomic mass is 35.5. The summed E-state index contributed by atoms with van der Waals surface area (Å²) in [4.78, 5) is 21.0. The third kappa shape index (κ3) is 6.41. The van der Waals surface area contributed by atoms with Gasteiger partial charge in [0.05, 0.1) is 22.2 Å². The SMILES string of the molecule is CC(C)Oc1ncc(-c2nc(-n3cc(Cl)c4cc(CNC(C)C(=O)OC(C)(C)C)ccc43)no2)cc1Cl. The number of carbonyl (C=O) groups is 1. The van der Waals surface area contributed by atoms with Gasteiger partial charge in [0.1, 0.15) is 16.7 Å². The van der Waals surface area contributed by atoms with Crippen LogP contribution in [-0.2, 0) is 16.1 Å². The highest BCUT2D eigenvalue weighted by Crippen LogP contribution is 2.31. The Morgan fingerprint density at radius 2 is 1.92 bits per heavy atom. The van der Waals surface area contributed by atoms with Crippen molar-refractivity contribution in [1.82, 2.24) is 25.0 Å². The van der Waals surface area contributed by atoms with Gasteiger partial charge in [0.15, 0.2) is 0 Å². The normalized spacial score (nSPS) is 12.8. The minimum atomic E-state index is -0.536. The van der Waals surface area contributed by atoms with Crippen LogP contribution in [0, 0.1) is 0 Å². The van der Waals surface area contributed by atoms with Crippen molar-refractivity contribution in [1.29, 1.82) is 0 Å². The summed E-state index contributed by atoms with van der Waals surface area (Å²) in [5.74, 6) is 0.615. The van der Waals surface area contributed by atoms with Crippen LogP contribution >= 0.6 is 23.2 Å². The maximum atomic E-state index is 12.2. The molecule has 1 unspecified atom stereocenters. The van der Waals surface area contributed by atoms with Gasteiger partial charge in [-0.05, 0) is 70.5 Å². The molecular weight excluding hydrogens is 517 g/mol. The maximum Gasteiger partial charge on any atom is 0.323 e. The second-order valence-corrected chi connectivity index (χ2v) is 10.7. The summed E-state index contributed by atoms with van der Waals surface area (Å²) in [6, 6.07) is 7.04. The number of rotatable bonds is 8. The molecule has 0 saturated heterocycles. The summed E-state index contributed by atoms with van der Waals surface area (Å²) < 4.78 is 18.2. The van der Waals surface area contributed by atoms with E-state index in [2.05, 4.69) is 20.4 Å². The maximum absolute atomic E-state index is 12.2. The predicted molar refractivity (Wildman–Crippen MR) is 142 cm³/mol. The summed E-state index contributed by atoms with van der Waals surface area (Å²) in [5, 5.41) is 9.00. The Bertz CT molecular complexity index is 1420. The number of halogens is 2.